The molecule has 1 aliphatic carbocycles. The number of hydrogen-bond donors (Lipinski definition) is 1. The third kappa shape index (κ3) is 3.23. The van der Waals surface area contributed by atoms with Gasteiger partial charge < -0.3 is 10.1 Å². The average Bonchev–Trinajstić information content (AvgIpc) is 3.16. The lowest BCUT2D eigenvalue weighted by molar-refractivity contribution is -0.123. The second-order valence-corrected chi connectivity index (χ2v) is 8.15. The van der Waals surface area contributed by atoms with E-state index >= 15 is 0 Å². The van der Waals surface area contributed by atoms with Crippen LogP contribution in [0.3, 0.4) is 0 Å². The number of fused-ring (bicyclic) bond motifs is 1. The number of ether oxygens (including phenoxy) is 1. The number of hydrogen-bond acceptors (Lipinski definition) is 4. The standard InChI is InChI=1S/C20H24N2O2S/c1-14-17(25-13-21-14)6-7-18(23)22-19-16-5-3-2-4-15(16)12-20(19)8-10-24-11-9-20/h2-5,13,19H,6-12H2,1H3,(H,22,23). The quantitative estimate of drug-likeness (QED) is 0.911. The largest absolute Gasteiger partial charge is 0.381 e. The Bertz CT molecular complexity index is 765. The minimum atomic E-state index is 0.114. The summed E-state index contributed by atoms with van der Waals surface area (Å²) < 4.78 is 5.60. The molecule has 5 heteroatoms. The molecular weight excluding hydrogens is 332 g/mol. The van der Waals surface area contributed by atoms with E-state index in [1.54, 1.807) is 11.3 Å². The SMILES string of the molecule is Cc1ncsc1CCC(=O)NC1c2ccccc2CC12CCOCC2. The highest BCUT2D eigenvalue weighted by molar-refractivity contribution is 7.09. The maximum Gasteiger partial charge on any atom is 0.220 e. The number of rotatable bonds is 4. The van der Waals surface area contributed by atoms with Gasteiger partial charge in [-0.1, -0.05) is 24.3 Å². The molecule has 1 amide bonds. The molecule has 4 rings (SSSR count). The molecule has 0 saturated carbocycles. The van der Waals surface area contributed by atoms with Crippen LogP contribution in [-0.2, 0) is 22.4 Å². The summed E-state index contributed by atoms with van der Waals surface area (Å²) in [6, 6.07) is 8.68. The second-order valence-electron chi connectivity index (χ2n) is 7.21. The van der Waals surface area contributed by atoms with Gasteiger partial charge in [-0.3, -0.25) is 4.79 Å². The molecule has 2 aromatic rings. The first kappa shape index (κ1) is 16.7. The molecule has 1 aromatic carbocycles. The van der Waals surface area contributed by atoms with E-state index in [2.05, 4.69) is 34.6 Å². The van der Waals surface area contributed by atoms with Gasteiger partial charge in [-0.25, -0.2) is 4.98 Å². The van der Waals surface area contributed by atoms with E-state index < -0.39 is 0 Å². The Morgan fingerprint density at radius 2 is 2.16 bits per heavy atom. The maximum atomic E-state index is 12.7. The predicted molar refractivity (Wildman–Crippen MR) is 98.7 cm³/mol. The van der Waals surface area contributed by atoms with Crippen molar-refractivity contribution in [2.45, 2.75) is 45.1 Å². The molecule has 2 aliphatic rings. The lowest BCUT2D eigenvalue weighted by Crippen LogP contribution is -2.42. The van der Waals surface area contributed by atoms with Gasteiger partial charge in [-0.2, -0.15) is 0 Å². The van der Waals surface area contributed by atoms with E-state index in [0.717, 1.165) is 44.6 Å². The third-order valence-electron chi connectivity index (χ3n) is 5.74. The van der Waals surface area contributed by atoms with E-state index in [-0.39, 0.29) is 17.4 Å². The van der Waals surface area contributed by atoms with Crippen molar-refractivity contribution < 1.29 is 9.53 Å². The van der Waals surface area contributed by atoms with Gasteiger partial charge in [-0.15, -0.1) is 11.3 Å². The highest BCUT2D eigenvalue weighted by atomic mass is 32.1. The summed E-state index contributed by atoms with van der Waals surface area (Å²) >= 11 is 1.64. The molecule has 1 N–H and O–H groups in total. The van der Waals surface area contributed by atoms with Crippen molar-refractivity contribution >= 4 is 17.2 Å². The Kier molecular flexibility index (Phi) is 4.61. The number of nitrogens with one attached hydrogen (secondary N) is 1. The summed E-state index contributed by atoms with van der Waals surface area (Å²) in [6.07, 6.45) is 4.37. The Labute approximate surface area is 152 Å². The molecule has 25 heavy (non-hydrogen) atoms. The third-order valence-corrected chi connectivity index (χ3v) is 6.73. The Balaban J connectivity index is 1.50. The van der Waals surface area contributed by atoms with Crippen molar-refractivity contribution in [2.24, 2.45) is 5.41 Å². The summed E-state index contributed by atoms with van der Waals surface area (Å²) in [5.74, 6) is 0.139. The zero-order valence-electron chi connectivity index (χ0n) is 14.6. The summed E-state index contributed by atoms with van der Waals surface area (Å²) in [7, 11) is 0. The molecule has 1 aromatic heterocycles. The average molecular weight is 356 g/mol. The molecule has 4 nitrogen and oxygen atoms in total. The Hall–Kier alpha value is -1.72. The van der Waals surface area contributed by atoms with Crippen LogP contribution in [-0.4, -0.2) is 24.1 Å². The number of carbonyl (C=O) groups is 1. The smallest absolute Gasteiger partial charge is 0.220 e. The molecule has 132 valence electrons. The first-order chi connectivity index (χ1) is 12.2. The molecule has 2 heterocycles. The number of aryl methyl sites for hydroxylation is 2. The van der Waals surface area contributed by atoms with E-state index in [1.807, 2.05) is 12.4 Å². The summed E-state index contributed by atoms with van der Waals surface area (Å²) in [6.45, 7) is 3.59. The van der Waals surface area contributed by atoms with E-state index in [4.69, 9.17) is 4.74 Å². The van der Waals surface area contributed by atoms with Crippen LogP contribution in [0.5, 0.6) is 0 Å². The summed E-state index contributed by atoms with van der Waals surface area (Å²) in [5, 5.41) is 3.37. The summed E-state index contributed by atoms with van der Waals surface area (Å²) in [5.41, 5.74) is 5.70. The first-order valence-corrected chi connectivity index (χ1v) is 9.90. The molecule has 0 radical (unpaired) electrons. The van der Waals surface area contributed by atoms with Gasteiger partial charge in [0.05, 0.1) is 17.2 Å². The molecule has 1 unspecified atom stereocenters. The van der Waals surface area contributed by atoms with E-state index in [0.29, 0.717) is 6.42 Å². The fraction of sp³-hybridized carbons (Fsp3) is 0.500. The van der Waals surface area contributed by atoms with Crippen LogP contribution >= 0.6 is 11.3 Å². The van der Waals surface area contributed by atoms with E-state index in [1.165, 1.54) is 16.0 Å². The number of carbonyl (C=O) groups excluding carboxylic acids is 1. The minimum Gasteiger partial charge on any atom is -0.381 e. The number of aromatic nitrogens is 1. The van der Waals surface area contributed by atoms with Gasteiger partial charge in [-0.05, 0) is 43.7 Å². The fourth-order valence-corrected chi connectivity index (χ4v) is 5.07. The monoisotopic (exact) mass is 356 g/mol. The zero-order chi connectivity index (χ0) is 17.3. The molecule has 1 fully saturated rings. The van der Waals surface area contributed by atoms with Crippen LogP contribution in [0.1, 0.15) is 47.0 Å². The Morgan fingerprint density at radius 1 is 1.36 bits per heavy atom. The van der Waals surface area contributed by atoms with Gasteiger partial charge in [0.25, 0.3) is 0 Å². The first-order valence-electron chi connectivity index (χ1n) is 9.02. The molecule has 1 saturated heterocycles. The number of thiazole rings is 1. The van der Waals surface area contributed by atoms with E-state index in [9.17, 15) is 4.79 Å². The maximum absolute atomic E-state index is 12.7. The van der Waals surface area contributed by atoms with Gasteiger partial charge >= 0.3 is 0 Å². The molecule has 1 aliphatic heterocycles. The van der Waals surface area contributed by atoms with Crippen LogP contribution < -0.4 is 5.32 Å². The number of nitrogens with zero attached hydrogens (tertiary/aromatic N) is 1. The van der Waals surface area contributed by atoms with Gasteiger partial charge in [0.1, 0.15) is 0 Å². The van der Waals surface area contributed by atoms with Crippen LogP contribution in [0.4, 0.5) is 0 Å². The second kappa shape index (κ2) is 6.89. The van der Waals surface area contributed by atoms with Crippen LogP contribution in [0, 0.1) is 12.3 Å². The Morgan fingerprint density at radius 3 is 2.92 bits per heavy atom. The van der Waals surface area contributed by atoms with Crippen molar-refractivity contribution in [1.82, 2.24) is 10.3 Å². The summed E-state index contributed by atoms with van der Waals surface area (Å²) in [4.78, 5) is 18.2. The van der Waals surface area contributed by atoms with Crippen molar-refractivity contribution in [1.29, 1.82) is 0 Å². The van der Waals surface area contributed by atoms with Crippen molar-refractivity contribution in [3.63, 3.8) is 0 Å². The van der Waals surface area contributed by atoms with Crippen molar-refractivity contribution in [3.05, 3.63) is 51.5 Å². The molecule has 0 bridgehead atoms. The van der Waals surface area contributed by atoms with Gasteiger partial charge in [0.15, 0.2) is 0 Å². The van der Waals surface area contributed by atoms with Crippen LogP contribution in [0.2, 0.25) is 0 Å². The van der Waals surface area contributed by atoms with Crippen molar-refractivity contribution in [3.8, 4) is 0 Å². The number of benzene rings is 1. The lowest BCUT2D eigenvalue weighted by Gasteiger charge is -2.39. The lowest BCUT2D eigenvalue weighted by atomic mass is 9.74. The normalized spacial score (nSPS) is 21.2. The molecule has 1 atom stereocenters. The topological polar surface area (TPSA) is 51.2 Å². The zero-order valence-corrected chi connectivity index (χ0v) is 15.4. The highest BCUT2D eigenvalue weighted by Gasteiger charge is 2.47. The van der Waals surface area contributed by atoms with Crippen molar-refractivity contribution in [2.75, 3.05) is 13.2 Å². The molecular formula is C20H24N2O2S. The fourth-order valence-electron chi connectivity index (χ4n) is 4.29. The van der Waals surface area contributed by atoms with Crippen LogP contribution in [0.25, 0.3) is 0 Å². The number of amides is 1. The van der Waals surface area contributed by atoms with Gasteiger partial charge in [0, 0.05) is 29.9 Å². The minimum absolute atomic E-state index is 0.114. The predicted octanol–water partition coefficient (Wildman–Crippen LogP) is 3.59. The van der Waals surface area contributed by atoms with Gasteiger partial charge in [0.2, 0.25) is 5.91 Å². The van der Waals surface area contributed by atoms with Crippen LogP contribution in [0.15, 0.2) is 29.8 Å². The highest BCUT2D eigenvalue weighted by Crippen LogP contribution is 2.51. The molecule has 1 spiro atoms.